The molecule has 1 rings (SSSR count). The van der Waals surface area contributed by atoms with Crippen LogP contribution >= 0.6 is 0 Å². The van der Waals surface area contributed by atoms with Crippen molar-refractivity contribution in [3.63, 3.8) is 0 Å². The lowest BCUT2D eigenvalue weighted by atomic mass is 10.2. The molecule has 0 saturated heterocycles. The second kappa shape index (κ2) is 8.51. The monoisotopic (exact) mass is 251 g/mol. The molecule has 0 bridgehead atoms. The first-order chi connectivity index (χ1) is 8.77. The van der Waals surface area contributed by atoms with Gasteiger partial charge in [0, 0.05) is 12.2 Å². The summed E-state index contributed by atoms with van der Waals surface area (Å²) in [6, 6.07) is 4.50. The van der Waals surface area contributed by atoms with E-state index < -0.39 is 5.82 Å². The van der Waals surface area contributed by atoms with Crippen LogP contribution < -0.4 is 10.5 Å². The number of hydrogen-bond donors (Lipinski definition) is 1. The summed E-state index contributed by atoms with van der Waals surface area (Å²) in [6.45, 7) is 3.77. The highest BCUT2D eigenvalue weighted by Crippen LogP contribution is 2.18. The third-order valence-corrected chi connectivity index (χ3v) is 2.10. The first kappa shape index (κ1) is 14.5. The van der Waals surface area contributed by atoms with Crippen LogP contribution in [0.1, 0.15) is 18.9 Å². The minimum Gasteiger partial charge on any atom is -0.488 e. The Balaban J connectivity index is 2.53. The lowest BCUT2D eigenvalue weighted by Crippen LogP contribution is -2.08. The number of benzene rings is 1. The van der Waals surface area contributed by atoms with Crippen LogP contribution in [0.4, 0.5) is 4.39 Å². The summed E-state index contributed by atoms with van der Waals surface area (Å²) < 4.78 is 24.0. The van der Waals surface area contributed by atoms with E-state index in [1.165, 1.54) is 6.07 Å². The van der Waals surface area contributed by atoms with E-state index in [1.54, 1.807) is 12.1 Å². The summed E-state index contributed by atoms with van der Waals surface area (Å²) in [5.41, 5.74) is 5.96. The van der Waals surface area contributed by atoms with Gasteiger partial charge in [-0.1, -0.05) is 18.8 Å². The zero-order chi connectivity index (χ0) is 13.2. The second-order valence-electron chi connectivity index (χ2n) is 3.61. The highest BCUT2D eigenvalue weighted by Gasteiger charge is 2.03. The molecule has 0 aliphatic rings. The molecule has 0 fully saturated rings. The van der Waals surface area contributed by atoms with E-state index in [1.807, 2.05) is 6.92 Å². The van der Waals surface area contributed by atoms with E-state index in [0.717, 1.165) is 6.42 Å². The van der Waals surface area contributed by atoms with Crippen molar-refractivity contribution in [3.8, 4) is 17.6 Å². The number of rotatable bonds is 6. The highest BCUT2D eigenvalue weighted by molar-refractivity contribution is 5.40. The van der Waals surface area contributed by atoms with Gasteiger partial charge in [-0.25, -0.2) is 4.39 Å². The molecular formula is C14H18FNO2. The van der Waals surface area contributed by atoms with Gasteiger partial charge >= 0.3 is 0 Å². The first-order valence-corrected chi connectivity index (χ1v) is 5.97. The third kappa shape index (κ3) is 5.17. The van der Waals surface area contributed by atoms with E-state index in [0.29, 0.717) is 25.4 Å². The number of nitrogens with two attached hydrogens (primary N) is 1. The van der Waals surface area contributed by atoms with Crippen molar-refractivity contribution in [2.45, 2.75) is 13.3 Å². The standard InChI is InChI=1S/C14H18FNO2/c1-2-8-17-9-10-18-14-11-12(4-3-7-16)5-6-13(14)15/h5-6,11H,2,7-10,16H2,1H3. The predicted octanol–water partition coefficient (Wildman–Crippen LogP) is 1.94. The van der Waals surface area contributed by atoms with Crippen LogP contribution in [0, 0.1) is 17.7 Å². The average molecular weight is 251 g/mol. The van der Waals surface area contributed by atoms with Crippen LogP contribution in [0.25, 0.3) is 0 Å². The smallest absolute Gasteiger partial charge is 0.165 e. The molecule has 3 nitrogen and oxygen atoms in total. The van der Waals surface area contributed by atoms with Gasteiger partial charge in [-0.05, 0) is 24.6 Å². The summed E-state index contributed by atoms with van der Waals surface area (Å²) in [7, 11) is 0. The first-order valence-electron chi connectivity index (χ1n) is 5.97. The number of halogens is 1. The molecule has 18 heavy (non-hydrogen) atoms. The van der Waals surface area contributed by atoms with E-state index in [-0.39, 0.29) is 12.3 Å². The van der Waals surface area contributed by atoms with Crippen LogP contribution in [0.5, 0.6) is 5.75 Å². The van der Waals surface area contributed by atoms with Crippen LogP contribution in [0.2, 0.25) is 0 Å². The summed E-state index contributed by atoms with van der Waals surface area (Å²) >= 11 is 0. The molecule has 2 N–H and O–H groups in total. The van der Waals surface area contributed by atoms with Gasteiger partial charge in [0.2, 0.25) is 0 Å². The molecule has 0 heterocycles. The van der Waals surface area contributed by atoms with Crippen molar-refractivity contribution < 1.29 is 13.9 Å². The van der Waals surface area contributed by atoms with Crippen molar-refractivity contribution in [1.29, 1.82) is 0 Å². The summed E-state index contributed by atoms with van der Waals surface area (Å²) in [5.74, 6) is 5.33. The quantitative estimate of drug-likeness (QED) is 0.620. The molecule has 0 radical (unpaired) electrons. The normalized spacial score (nSPS) is 9.72. The Morgan fingerprint density at radius 3 is 2.83 bits per heavy atom. The molecule has 4 heteroatoms. The van der Waals surface area contributed by atoms with Crippen LogP contribution in [0.3, 0.4) is 0 Å². The summed E-state index contributed by atoms with van der Waals surface area (Å²) in [6.07, 6.45) is 0.957. The Kier molecular flexibility index (Phi) is 6.85. The molecule has 0 spiro atoms. The predicted molar refractivity (Wildman–Crippen MR) is 68.9 cm³/mol. The lowest BCUT2D eigenvalue weighted by molar-refractivity contribution is 0.0992. The van der Waals surface area contributed by atoms with Crippen molar-refractivity contribution >= 4 is 0 Å². The Morgan fingerprint density at radius 1 is 1.28 bits per heavy atom. The Labute approximate surface area is 107 Å². The van der Waals surface area contributed by atoms with Crippen LogP contribution in [-0.4, -0.2) is 26.4 Å². The highest BCUT2D eigenvalue weighted by atomic mass is 19.1. The number of ether oxygens (including phenoxy) is 2. The van der Waals surface area contributed by atoms with Gasteiger partial charge in [-0.15, -0.1) is 0 Å². The van der Waals surface area contributed by atoms with Gasteiger partial charge in [0.1, 0.15) is 6.61 Å². The molecule has 0 aromatic heterocycles. The summed E-state index contributed by atoms with van der Waals surface area (Å²) in [4.78, 5) is 0. The Bertz CT molecular complexity index is 424. The van der Waals surface area contributed by atoms with Gasteiger partial charge in [0.25, 0.3) is 0 Å². The zero-order valence-corrected chi connectivity index (χ0v) is 10.5. The molecule has 0 unspecified atom stereocenters. The van der Waals surface area contributed by atoms with Crippen molar-refractivity contribution in [3.05, 3.63) is 29.6 Å². The van der Waals surface area contributed by atoms with Gasteiger partial charge < -0.3 is 15.2 Å². The Morgan fingerprint density at radius 2 is 2.11 bits per heavy atom. The topological polar surface area (TPSA) is 44.5 Å². The molecule has 1 aromatic rings. The number of hydrogen-bond acceptors (Lipinski definition) is 3. The fraction of sp³-hybridized carbons (Fsp3) is 0.429. The fourth-order valence-electron chi connectivity index (χ4n) is 1.30. The molecular weight excluding hydrogens is 233 g/mol. The molecule has 98 valence electrons. The van der Waals surface area contributed by atoms with Crippen molar-refractivity contribution in [2.75, 3.05) is 26.4 Å². The van der Waals surface area contributed by atoms with Crippen molar-refractivity contribution in [1.82, 2.24) is 0 Å². The largest absolute Gasteiger partial charge is 0.488 e. The maximum Gasteiger partial charge on any atom is 0.165 e. The zero-order valence-electron chi connectivity index (χ0n) is 10.5. The molecule has 1 aromatic carbocycles. The van der Waals surface area contributed by atoms with Crippen molar-refractivity contribution in [2.24, 2.45) is 5.73 Å². The SMILES string of the molecule is CCCOCCOc1cc(C#CCN)ccc1F. The van der Waals surface area contributed by atoms with E-state index >= 15 is 0 Å². The minimum absolute atomic E-state index is 0.193. The van der Waals surface area contributed by atoms with E-state index in [2.05, 4.69) is 11.8 Å². The van der Waals surface area contributed by atoms with Gasteiger partial charge in [-0.3, -0.25) is 0 Å². The maximum absolute atomic E-state index is 13.4. The lowest BCUT2D eigenvalue weighted by Gasteiger charge is -2.07. The van der Waals surface area contributed by atoms with Crippen LogP contribution in [0.15, 0.2) is 18.2 Å². The minimum atomic E-state index is -0.399. The van der Waals surface area contributed by atoms with Gasteiger partial charge in [0.15, 0.2) is 11.6 Å². The van der Waals surface area contributed by atoms with E-state index in [9.17, 15) is 4.39 Å². The van der Waals surface area contributed by atoms with Gasteiger partial charge in [-0.2, -0.15) is 0 Å². The molecule has 0 amide bonds. The molecule has 0 atom stereocenters. The maximum atomic E-state index is 13.4. The van der Waals surface area contributed by atoms with Crippen LogP contribution in [-0.2, 0) is 4.74 Å². The second-order valence-corrected chi connectivity index (χ2v) is 3.61. The Hall–Kier alpha value is -1.57. The average Bonchev–Trinajstić information content (AvgIpc) is 2.39. The van der Waals surface area contributed by atoms with E-state index in [4.69, 9.17) is 15.2 Å². The molecule has 0 aliphatic carbocycles. The summed E-state index contributed by atoms with van der Waals surface area (Å²) in [5, 5.41) is 0. The van der Waals surface area contributed by atoms with Gasteiger partial charge in [0.05, 0.1) is 13.2 Å². The third-order valence-electron chi connectivity index (χ3n) is 2.10. The molecule has 0 saturated carbocycles. The molecule has 0 aliphatic heterocycles. The fourth-order valence-corrected chi connectivity index (χ4v) is 1.30.